The molecule has 3 nitrogen and oxygen atoms in total. The van der Waals surface area contributed by atoms with Crippen molar-refractivity contribution in [1.82, 2.24) is 5.32 Å². The lowest BCUT2D eigenvalue weighted by atomic mass is 10.0. The Labute approximate surface area is 119 Å². The van der Waals surface area contributed by atoms with Gasteiger partial charge in [-0.1, -0.05) is 33.1 Å². The van der Waals surface area contributed by atoms with E-state index in [2.05, 4.69) is 31.0 Å². The number of hydrogen-bond donors (Lipinski definition) is 2. The number of ether oxygens (including phenoxy) is 1. The molecule has 2 atom stereocenters. The van der Waals surface area contributed by atoms with E-state index in [-0.39, 0.29) is 0 Å². The van der Waals surface area contributed by atoms with Gasteiger partial charge in [0.05, 0.1) is 12.7 Å². The van der Waals surface area contributed by atoms with Gasteiger partial charge in [0.2, 0.25) is 0 Å². The number of rotatable bonds is 12. The van der Waals surface area contributed by atoms with E-state index in [1.54, 1.807) is 0 Å². The summed E-state index contributed by atoms with van der Waals surface area (Å²) < 4.78 is 5.61. The highest BCUT2D eigenvalue weighted by molar-refractivity contribution is 4.95. The summed E-state index contributed by atoms with van der Waals surface area (Å²) in [7, 11) is 0. The smallest absolute Gasteiger partial charge is 0.0897 e. The minimum absolute atomic E-state index is 0.418. The zero-order chi connectivity index (χ0) is 14.3. The average molecular weight is 269 g/mol. The summed E-state index contributed by atoms with van der Waals surface area (Å²) in [5, 5.41) is 12.9. The Morgan fingerprint density at radius 2 is 2.05 bits per heavy atom. The van der Waals surface area contributed by atoms with Crippen LogP contribution >= 0.6 is 0 Å². The first kappa shape index (κ1) is 18.4. The van der Waals surface area contributed by atoms with E-state index in [0.29, 0.717) is 19.1 Å². The molecule has 0 bridgehead atoms. The van der Waals surface area contributed by atoms with E-state index >= 15 is 0 Å². The van der Waals surface area contributed by atoms with Gasteiger partial charge in [0.1, 0.15) is 0 Å². The predicted octanol–water partition coefficient (Wildman–Crippen LogP) is 2.58. The molecule has 0 aliphatic heterocycles. The van der Waals surface area contributed by atoms with Gasteiger partial charge in [-0.2, -0.15) is 0 Å². The summed E-state index contributed by atoms with van der Waals surface area (Å²) in [4.78, 5) is 0. The van der Waals surface area contributed by atoms with E-state index in [4.69, 9.17) is 4.74 Å². The van der Waals surface area contributed by atoms with Crippen molar-refractivity contribution in [3.8, 4) is 11.8 Å². The molecule has 112 valence electrons. The van der Waals surface area contributed by atoms with Crippen LogP contribution < -0.4 is 5.32 Å². The molecule has 0 aromatic rings. The normalized spacial score (nSPS) is 13.7. The van der Waals surface area contributed by atoms with E-state index in [9.17, 15) is 5.11 Å². The third-order valence-corrected chi connectivity index (χ3v) is 3.19. The molecule has 0 radical (unpaired) electrons. The molecule has 0 aliphatic carbocycles. The SMILES string of the molecule is CC#CCCNCC(O)COCC(CC)CCCC. The molecule has 0 aliphatic rings. The number of aliphatic hydroxyl groups is 1. The average Bonchev–Trinajstić information content (AvgIpc) is 2.42. The van der Waals surface area contributed by atoms with Gasteiger partial charge in [-0.15, -0.1) is 11.8 Å². The molecule has 0 heterocycles. The lowest BCUT2D eigenvalue weighted by Crippen LogP contribution is -2.31. The van der Waals surface area contributed by atoms with Crippen LogP contribution in [0.5, 0.6) is 0 Å². The van der Waals surface area contributed by atoms with Crippen LogP contribution in [0.25, 0.3) is 0 Å². The highest BCUT2D eigenvalue weighted by Gasteiger charge is 2.08. The number of unbranched alkanes of at least 4 members (excludes halogenated alkanes) is 1. The van der Waals surface area contributed by atoms with Gasteiger partial charge in [0, 0.05) is 26.1 Å². The monoisotopic (exact) mass is 269 g/mol. The summed E-state index contributed by atoms with van der Waals surface area (Å²) in [5.41, 5.74) is 0. The Bertz CT molecular complexity index is 245. The van der Waals surface area contributed by atoms with Gasteiger partial charge >= 0.3 is 0 Å². The summed E-state index contributed by atoms with van der Waals surface area (Å²) in [5.74, 6) is 6.47. The summed E-state index contributed by atoms with van der Waals surface area (Å²) >= 11 is 0. The van der Waals surface area contributed by atoms with Crippen molar-refractivity contribution in [2.24, 2.45) is 5.92 Å². The first-order valence-corrected chi connectivity index (χ1v) is 7.60. The Hall–Kier alpha value is -0.560. The molecule has 0 saturated heterocycles. The summed E-state index contributed by atoms with van der Waals surface area (Å²) in [6.07, 6.45) is 5.31. The van der Waals surface area contributed by atoms with Gasteiger partial charge in [0.15, 0.2) is 0 Å². The molecule has 0 amide bonds. The second kappa shape index (κ2) is 13.9. The van der Waals surface area contributed by atoms with Crippen LogP contribution in [0.2, 0.25) is 0 Å². The first-order valence-electron chi connectivity index (χ1n) is 7.60. The van der Waals surface area contributed by atoms with Crippen LogP contribution in [-0.2, 0) is 4.74 Å². The van der Waals surface area contributed by atoms with E-state index in [0.717, 1.165) is 26.0 Å². The van der Waals surface area contributed by atoms with Crippen molar-refractivity contribution >= 4 is 0 Å². The topological polar surface area (TPSA) is 41.5 Å². The lowest BCUT2D eigenvalue weighted by Gasteiger charge is -2.17. The molecule has 0 aromatic heterocycles. The molecule has 0 rings (SSSR count). The Kier molecular flexibility index (Phi) is 13.5. The summed E-state index contributed by atoms with van der Waals surface area (Å²) in [6, 6.07) is 0. The Morgan fingerprint density at radius 1 is 1.26 bits per heavy atom. The zero-order valence-corrected chi connectivity index (χ0v) is 12.9. The van der Waals surface area contributed by atoms with E-state index < -0.39 is 6.10 Å². The molecule has 0 spiro atoms. The van der Waals surface area contributed by atoms with Crippen LogP contribution in [-0.4, -0.2) is 37.5 Å². The highest BCUT2D eigenvalue weighted by Crippen LogP contribution is 2.12. The molecule has 0 fully saturated rings. The predicted molar refractivity (Wildman–Crippen MR) is 81.1 cm³/mol. The van der Waals surface area contributed by atoms with E-state index in [1.807, 2.05) is 6.92 Å². The Morgan fingerprint density at radius 3 is 2.68 bits per heavy atom. The molecule has 3 heteroatoms. The van der Waals surface area contributed by atoms with Crippen LogP contribution in [0.4, 0.5) is 0 Å². The minimum atomic E-state index is -0.418. The van der Waals surface area contributed by atoms with Gasteiger partial charge in [-0.3, -0.25) is 0 Å². The number of aliphatic hydroxyl groups excluding tert-OH is 1. The molecule has 19 heavy (non-hydrogen) atoms. The molecule has 0 saturated carbocycles. The quantitative estimate of drug-likeness (QED) is 0.423. The van der Waals surface area contributed by atoms with E-state index in [1.165, 1.54) is 19.3 Å². The fourth-order valence-corrected chi connectivity index (χ4v) is 1.87. The van der Waals surface area contributed by atoms with Crippen molar-refractivity contribution in [2.75, 3.05) is 26.3 Å². The summed E-state index contributed by atoms with van der Waals surface area (Å²) in [6.45, 7) is 8.86. The maximum absolute atomic E-state index is 9.74. The molecule has 2 N–H and O–H groups in total. The van der Waals surface area contributed by atoms with Crippen molar-refractivity contribution in [2.45, 2.75) is 59.0 Å². The van der Waals surface area contributed by atoms with Crippen LogP contribution in [0.15, 0.2) is 0 Å². The van der Waals surface area contributed by atoms with Crippen molar-refractivity contribution in [3.05, 3.63) is 0 Å². The third kappa shape index (κ3) is 12.2. The molecule has 2 unspecified atom stereocenters. The highest BCUT2D eigenvalue weighted by atomic mass is 16.5. The fourth-order valence-electron chi connectivity index (χ4n) is 1.87. The maximum atomic E-state index is 9.74. The van der Waals surface area contributed by atoms with Gasteiger partial charge < -0.3 is 15.2 Å². The third-order valence-electron chi connectivity index (χ3n) is 3.19. The van der Waals surface area contributed by atoms with Crippen LogP contribution in [0, 0.1) is 17.8 Å². The minimum Gasteiger partial charge on any atom is -0.389 e. The fraction of sp³-hybridized carbons (Fsp3) is 0.875. The van der Waals surface area contributed by atoms with Crippen molar-refractivity contribution in [1.29, 1.82) is 0 Å². The van der Waals surface area contributed by atoms with Crippen molar-refractivity contribution in [3.63, 3.8) is 0 Å². The van der Waals surface area contributed by atoms with Crippen LogP contribution in [0.3, 0.4) is 0 Å². The van der Waals surface area contributed by atoms with Gasteiger partial charge in [-0.25, -0.2) is 0 Å². The second-order valence-electron chi connectivity index (χ2n) is 4.99. The largest absolute Gasteiger partial charge is 0.389 e. The lowest BCUT2D eigenvalue weighted by molar-refractivity contribution is 0.0195. The number of hydrogen-bond acceptors (Lipinski definition) is 3. The first-order chi connectivity index (χ1) is 9.24. The molecular weight excluding hydrogens is 238 g/mol. The zero-order valence-electron chi connectivity index (χ0n) is 12.9. The second-order valence-corrected chi connectivity index (χ2v) is 4.99. The maximum Gasteiger partial charge on any atom is 0.0897 e. The van der Waals surface area contributed by atoms with Gasteiger partial charge in [-0.05, 0) is 19.3 Å². The molecule has 0 aromatic carbocycles. The molecular formula is C16H31NO2. The van der Waals surface area contributed by atoms with Crippen molar-refractivity contribution < 1.29 is 9.84 Å². The Balaban J connectivity index is 3.48. The standard InChI is InChI=1S/C16H31NO2/c1-4-7-9-11-17-12-16(18)14-19-13-15(6-3)10-8-5-2/h15-18H,5-6,8-14H2,1-3H3. The van der Waals surface area contributed by atoms with Crippen LogP contribution in [0.1, 0.15) is 52.9 Å². The number of nitrogens with one attached hydrogen (secondary N) is 1. The van der Waals surface area contributed by atoms with Gasteiger partial charge in [0.25, 0.3) is 0 Å².